The molecule has 2 aromatic heterocycles. The summed E-state index contributed by atoms with van der Waals surface area (Å²) in [4.78, 5) is 15.8. The Morgan fingerprint density at radius 2 is 0.649 bits per heavy atom. The van der Waals surface area contributed by atoms with Crippen molar-refractivity contribution in [2.24, 2.45) is 0 Å². The van der Waals surface area contributed by atoms with Crippen molar-refractivity contribution in [1.29, 1.82) is 0 Å². The summed E-state index contributed by atoms with van der Waals surface area (Å²) < 4.78 is 6.17. The van der Waals surface area contributed by atoms with E-state index in [9.17, 15) is 0 Å². The fourth-order valence-electron chi connectivity index (χ4n) is 8.19. The Morgan fingerprint density at radius 3 is 1.26 bits per heavy atom. The highest BCUT2D eigenvalue weighted by Gasteiger charge is 2.19. The van der Waals surface area contributed by atoms with Gasteiger partial charge in [-0.15, -0.1) is 0 Å². The van der Waals surface area contributed by atoms with E-state index >= 15 is 0 Å². The van der Waals surface area contributed by atoms with E-state index in [1.54, 1.807) is 0 Å². The molecule has 9 aromatic carbocycles. The molecule has 0 radical (unpaired) electrons. The van der Waals surface area contributed by atoms with Gasteiger partial charge < -0.3 is 4.42 Å². The first-order valence-electron chi connectivity index (χ1n) is 19.2. The fourth-order valence-corrected chi connectivity index (χ4v) is 8.19. The molecule has 0 saturated heterocycles. The Morgan fingerprint density at radius 1 is 0.246 bits per heavy atom. The van der Waals surface area contributed by atoms with Gasteiger partial charge in [0.15, 0.2) is 17.5 Å². The zero-order valence-corrected chi connectivity index (χ0v) is 30.8. The summed E-state index contributed by atoms with van der Waals surface area (Å²) in [6.45, 7) is 0. The van der Waals surface area contributed by atoms with Gasteiger partial charge in [0.1, 0.15) is 11.2 Å². The average Bonchev–Trinajstić information content (AvgIpc) is 3.67. The summed E-state index contributed by atoms with van der Waals surface area (Å²) in [5.41, 5.74) is 11.5. The van der Waals surface area contributed by atoms with Crippen LogP contribution in [0.15, 0.2) is 205 Å². The predicted octanol–water partition coefficient (Wildman–Crippen LogP) is 14.1. The third kappa shape index (κ3) is 5.74. The van der Waals surface area contributed by atoms with Gasteiger partial charge in [-0.25, -0.2) is 15.0 Å². The van der Waals surface area contributed by atoms with E-state index in [-0.39, 0.29) is 0 Å². The lowest BCUT2D eigenvalue weighted by atomic mass is 9.93. The number of aromatic nitrogens is 3. The molecule has 0 atom stereocenters. The van der Waals surface area contributed by atoms with Crippen LogP contribution in [-0.2, 0) is 0 Å². The molecule has 4 nitrogen and oxygen atoms in total. The normalized spacial score (nSPS) is 11.5. The summed E-state index contributed by atoms with van der Waals surface area (Å²) in [5, 5.41) is 6.64. The number of hydrogen-bond donors (Lipinski definition) is 0. The molecular weight excluding hydrogens is 695 g/mol. The van der Waals surface area contributed by atoms with Crippen molar-refractivity contribution in [1.82, 2.24) is 15.0 Å². The highest BCUT2D eigenvalue weighted by molar-refractivity contribution is 6.09. The third-order valence-electron chi connectivity index (χ3n) is 11.0. The Kier molecular flexibility index (Phi) is 7.78. The van der Waals surface area contributed by atoms with Gasteiger partial charge in [-0.1, -0.05) is 170 Å². The van der Waals surface area contributed by atoms with E-state index in [1.807, 2.05) is 18.2 Å². The quantitative estimate of drug-likeness (QED) is 0.171. The van der Waals surface area contributed by atoms with Crippen LogP contribution in [0.4, 0.5) is 0 Å². The van der Waals surface area contributed by atoms with Crippen LogP contribution in [0.25, 0.3) is 111 Å². The molecule has 0 aliphatic carbocycles. The van der Waals surface area contributed by atoms with Crippen LogP contribution in [0.1, 0.15) is 0 Å². The van der Waals surface area contributed by atoms with Crippen LogP contribution >= 0.6 is 0 Å². The monoisotopic (exact) mass is 727 g/mol. The second kappa shape index (κ2) is 13.6. The molecule has 2 heterocycles. The third-order valence-corrected chi connectivity index (χ3v) is 11.0. The molecular formula is C53H33N3O. The molecule has 0 amide bonds. The minimum atomic E-state index is 0.622. The standard InChI is InChI=1S/C53H33N3O/c1-3-13-34(14-4-1)35-23-25-37(26-24-35)51-54-52(46-30-28-39(36-15-5-2-6-16-36)41-17-7-9-19-43(41)46)56-53(55-51)47-31-29-40(42-18-8-10-20-44(42)47)38-27-32-50-48(33-38)45-21-11-12-22-49(45)57-50/h1-33H. The van der Waals surface area contributed by atoms with Crippen molar-refractivity contribution in [3.05, 3.63) is 200 Å². The number of fused-ring (bicyclic) bond motifs is 5. The molecule has 0 spiro atoms. The molecule has 0 fully saturated rings. The maximum atomic E-state index is 6.17. The lowest BCUT2D eigenvalue weighted by Gasteiger charge is -2.15. The maximum absolute atomic E-state index is 6.17. The maximum Gasteiger partial charge on any atom is 0.164 e. The van der Waals surface area contributed by atoms with Crippen LogP contribution < -0.4 is 0 Å². The van der Waals surface area contributed by atoms with E-state index < -0.39 is 0 Å². The minimum absolute atomic E-state index is 0.622. The van der Waals surface area contributed by atoms with Gasteiger partial charge in [0.2, 0.25) is 0 Å². The first kappa shape index (κ1) is 32.7. The minimum Gasteiger partial charge on any atom is -0.456 e. The Balaban J connectivity index is 1.10. The van der Waals surface area contributed by atoms with Crippen LogP contribution in [-0.4, -0.2) is 15.0 Å². The van der Waals surface area contributed by atoms with Crippen molar-refractivity contribution in [3.8, 4) is 67.5 Å². The summed E-state index contributed by atoms with van der Waals surface area (Å²) in [6, 6.07) is 69.9. The molecule has 266 valence electrons. The lowest BCUT2D eigenvalue weighted by Crippen LogP contribution is -2.01. The van der Waals surface area contributed by atoms with Crippen molar-refractivity contribution in [2.75, 3.05) is 0 Å². The summed E-state index contributed by atoms with van der Waals surface area (Å²) in [6.07, 6.45) is 0. The number of furan rings is 1. The number of para-hydroxylation sites is 1. The smallest absolute Gasteiger partial charge is 0.164 e. The van der Waals surface area contributed by atoms with Gasteiger partial charge >= 0.3 is 0 Å². The number of benzene rings is 9. The van der Waals surface area contributed by atoms with Crippen molar-refractivity contribution < 1.29 is 4.42 Å². The first-order valence-corrected chi connectivity index (χ1v) is 19.2. The van der Waals surface area contributed by atoms with Crippen LogP contribution in [0.2, 0.25) is 0 Å². The topological polar surface area (TPSA) is 51.8 Å². The average molecular weight is 728 g/mol. The summed E-state index contributed by atoms with van der Waals surface area (Å²) in [7, 11) is 0. The number of rotatable bonds is 6. The lowest BCUT2D eigenvalue weighted by molar-refractivity contribution is 0.669. The molecule has 0 saturated carbocycles. The van der Waals surface area contributed by atoms with Gasteiger partial charge in [0, 0.05) is 27.5 Å². The molecule has 11 aromatic rings. The van der Waals surface area contributed by atoms with E-state index in [1.165, 1.54) is 11.1 Å². The highest BCUT2D eigenvalue weighted by atomic mass is 16.3. The molecule has 57 heavy (non-hydrogen) atoms. The van der Waals surface area contributed by atoms with Gasteiger partial charge in [0.05, 0.1) is 0 Å². The van der Waals surface area contributed by atoms with Gasteiger partial charge in [-0.2, -0.15) is 0 Å². The van der Waals surface area contributed by atoms with Crippen molar-refractivity contribution in [3.63, 3.8) is 0 Å². The number of nitrogens with zero attached hydrogens (tertiary/aromatic N) is 3. The van der Waals surface area contributed by atoms with E-state index in [2.05, 4.69) is 182 Å². The molecule has 4 heteroatoms. The molecule has 0 unspecified atom stereocenters. The summed E-state index contributed by atoms with van der Waals surface area (Å²) >= 11 is 0. The second-order valence-electron chi connectivity index (χ2n) is 14.3. The second-order valence-corrected chi connectivity index (χ2v) is 14.3. The fraction of sp³-hybridized carbons (Fsp3) is 0. The molecule has 11 rings (SSSR count). The van der Waals surface area contributed by atoms with Crippen LogP contribution in [0.3, 0.4) is 0 Å². The Hall–Kier alpha value is -7.69. The highest BCUT2D eigenvalue weighted by Crippen LogP contribution is 2.40. The summed E-state index contributed by atoms with van der Waals surface area (Å²) in [5.74, 6) is 1.87. The molecule has 0 bridgehead atoms. The Labute approximate surface area is 329 Å². The molecule has 0 N–H and O–H groups in total. The van der Waals surface area contributed by atoms with Gasteiger partial charge in [-0.05, 0) is 85.3 Å². The zero-order chi connectivity index (χ0) is 37.7. The van der Waals surface area contributed by atoms with Crippen molar-refractivity contribution in [2.45, 2.75) is 0 Å². The largest absolute Gasteiger partial charge is 0.456 e. The molecule has 0 aliphatic heterocycles. The van der Waals surface area contributed by atoms with E-state index in [4.69, 9.17) is 19.4 Å². The van der Waals surface area contributed by atoms with Gasteiger partial charge in [0.25, 0.3) is 0 Å². The zero-order valence-electron chi connectivity index (χ0n) is 30.8. The van der Waals surface area contributed by atoms with E-state index in [0.29, 0.717) is 17.5 Å². The molecule has 0 aliphatic rings. The SMILES string of the molecule is c1ccc(-c2ccc(-c3nc(-c4ccc(-c5ccccc5)c5ccccc45)nc(-c4ccc(-c5ccc6oc7ccccc7c6c5)c5ccccc45)n3)cc2)cc1. The van der Waals surface area contributed by atoms with Gasteiger partial charge in [-0.3, -0.25) is 0 Å². The predicted molar refractivity (Wildman–Crippen MR) is 235 cm³/mol. The first-order chi connectivity index (χ1) is 28.2. The van der Waals surface area contributed by atoms with Crippen LogP contribution in [0.5, 0.6) is 0 Å². The Bertz CT molecular complexity index is 3280. The number of hydrogen-bond acceptors (Lipinski definition) is 4. The van der Waals surface area contributed by atoms with Crippen LogP contribution in [0, 0.1) is 0 Å². The van der Waals surface area contributed by atoms with Crippen molar-refractivity contribution >= 4 is 43.5 Å². The van der Waals surface area contributed by atoms with E-state index in [0.717, 1.165) is 82.4 Å².